The van der Waals surface area contributed by atoms with Gasteiger partial charge in [-0.3, -0.25) is 0 Å². The van der Waals surface area contributed by atoms with Crippen molar-refractivity contribution in [3.63, 3.8) is 0 Å². The van der Waals surface area contributed by atoms with Crippen molar-refractivity contribution >= 4 is 11.1 Å². The number of hydrogen-bond acceptors (Lipinski definition) is 3. The first-order valence-electron chi connectivity index (χ1n) is 4.74. The highest BCUT2D eigenvalue weighted by Crippen LogP contribution is 2.11. The number of rotatable bonds is 4. The summed E-state index contributed by atoms with van der Waals surface area (Å²) in [5.41, 5.74) is 1.84. The molecule has 0 fully saturated rings. The highest BCUT2D eigenvalue weighted by atomic mass is 32.2. The predicted octanol–water partition coefficient (Wildman–Crippen LogP) is 1.05. The minimum Gasteiger partial charge on any atom is -0.306 e. The van der Waals surface area contributed by atoms with Crippen LogP contribution >= 0.6 is 0 Å². The van der Waals surface area contributed by atoms with Gasteiger partial charge in [-0.2, -0.15) is 0 Å². The van der Waals surface area contributed by atoms with Crippen molar-refractivity contribution < 1.29 is 8.76 Å². The van der Waals surface area contributed by atoms with E-state index in [1.807, 2.05) is 24.3 Å². The van der Waals surface area contributed by atoms with Crippen molar-refractivity contribution in [3.05, 3.63) is 47.8 Å². The average Bonchev–Trinajstić information content (AvgIpc) is 2.73. The molecule has 2 rings (SSSR count). The van der Waals surface area contributed by atoms with E-state index in [1.165, 1.54) is 0 Å². The average molecular weight is 237 g/mol. The van der Waals surface area contributed by atoms with E-state index in [1.54, 1.807) is 17.1 Å². The molecule has 1 N–H and O–H groups in total. The van der Waals surface area contributed by atoms with Crippen molar-refractivity contribution in [2.24, 2.45) is 0 Å². The Balaban J connectivity index is 2.22. The lowest BCUT2D eigenvalue weighted by Crippen LogP contribution is -2.05. The van der Waals surface area contributed by atoms with Gasteiger partial charge in [-0.15, -0.1) is 5.10 Å². The Morgan fingerprint density at radius 3 is 2.69 bits per heavy atom. The van der Waals surface area contributed by atoms with Crippen molar-refractivity contribution in [2.75, 3.05) is 0 Å². The largest absolute Gasteiger partial charge is 0.306 e. The van der Waals surface area contributed by atoms with Crippen molar-refractivity contribution in [2.45, 2.75) is 12.3 Å². The molecule has 0 aliphatic carbocycles. The summed E-state index contributed by atoms with van der Waals surface area (Å²) < 4.78 is 21.4. The maximum Gasteiger partial charge on any atom is 0.157 e. The van der Waals surface area contributed by atoms with E-state index in [2.05, 4.69) is 10.3 Å². The van der Waals surface area contributed by atoms with E-state index in [4.69, 9.17) is 4.55 Å². The third kappa shape index (κ3) is 2.74. The van der Waals surface area contributed by atoms with Gasteiger partial charge in [-0.25, -0.2) is 8.89 Å². The van der Waals surface area contributed by atoms with E-state index < -0.39 is 11.1 Å². The van der Waals surface area contributed by atoms with E-state index in [-0.39, 0.29) is 5.75 Å². The van der Waals surface area contributed by atoms with Crippen molar-refractivity contribution in [1.29, 1.82) is 0 Å². The maximum atomic E-state index is 10.8. The SMILES string of the molecule is O=S(O)Cc1ccccc1Cn1ccnn1. The Morgan fingerprint density at radius 2 is 2.06 bits per heavy atom. The van der Waals surface area contributed by atoms with E-state index in [9.17, 15) is 4.21 Å². The molecule has 0 amide bonds. The van der Waals surface area contributed by atoms with Crippen LogP contribution in [-0.4, -0.2) is 23.8 Å². The van der Waals surface area contributed by atoms with Crippen LogP contribution in [-0.2, 0) is 23.4 Å². The van der Waals surface area contributed by atoms with Gasteiger partial charge in [0.2, 0.25) is 0 Å². The van der Waals surface area contributed by atoms with Crippen molar-refractivity contribution in [1.82, 2.24) is 15.0 Å². The molecular weight excluding hydrogens is 226 g/mol. The van der Waals surface area contributed by atoms with Crippen LogP contribution in [0.2, 0.25) is 0 Å². The molecule has 1 heterocycles. The Bertz CT molecular complexity index is 485. The standard InChI is InChI=1S/C10H11N3O2S/c14-16(15)8-10-4-2-1-3-9(10)7-13-6-5-11-12-13/h1-6H,7-8H2,(H,14,15). The first kappa shape index (κ1) is 11.0. The number of hydrogen-bond donors (Lipinski definition) is 1. The topological polar surface area (TPSA) is 68.0 Å². The lowest BCUT2D eigenvalue weighted by atomic mass is 10.1. The van der Waals surface area contributed by atoms with Gasteiger partial charge >= 0.3 is 0 Å². The number of benzene rings is 1. The molecule has 1 aromatic heterocycles. The minimum absolute atomic E-state index is 0.144. The second-order valence-corrected chi connectivity index (χ2v) is 4.27. The van der Waals surface area contributed by atoms with E-state index in [0.29, 0.717) is 6.54 Å². The maximum absolute atomic E-state index is 10.8. The molecule has 0 saturated heterocycles. The van der Waals surface area contributed by atoms with Gasteiger partial charge in [0.05, 0.1) is 18.5 Å². The molecule has 0 aliphatic heterocycles. The molecule has 2 aromatic rings. The summed E-state index contributed by atoms with van der Waals surface area (Å²) in [6.45, 7) is 0.563. The van der Waals surface area contributed by atoms with Crippen LogP contribution in [0.1, 0.15) is 11.1 Å². The fraction of sp³-hybridized carbons (Fsp3) is 0.200. The molecule has 0 spiro atoms. The summed E-state index contributed by atoms with van der Waals surface area (Å²) in [5.74, 6) is 0.144. The molecule has 84 valence electrons. The molecule has 1 atom stereocenters. The normalized spacial score (nSPS) is 12.6. The molecule has 1 unspecified atom stereocenters. The van der Waals surface area contributed by atoms with Crippen LogP contribution in [0.3, 0.4) is 0 Å². The second-order valence-electron chi connectivity index (χ2n) is 3.34. The van der Waals surface area contributed by atoms with Gasteiger partial charge in [0.1, 0.15) is 0 Å². The molecule has 16 heavy (non-hydrogen) atoms. The summed E-state index contributed by atoms with van der Waals surface area (Å²) in [6, 6.07) is 7.52. The molecule has 0 saturated carbocycles. The zero-order valence-electron chi connectivity index (χ0n) is 8.48. The van der Waals surface area contributed by atoms with Gasteiger partial charge in [0.15, 0.2) is 11.1 Å². The Hall–Kier alpha value is -1.53. The van der Waals surface area contributed by atoms with Crippen LogP contribution in [0.15, 0.2) is 36.7 Å². The minimum atomic E-state index is -1.82. The van der Waals surface area contributed by atoms with Crippen LogP contribution in [0.4, 0.5) is 0 Å². The highest BCUT2D eigenvalue weighted by molar-refractivity contribution is 7.78. The van der Waals surface area contributed by atoms with Gasteiger partial charge in [-0.05, 0) is 11.1 Å². The van der Waals surface area contributed by atoms with Crippen molar-refractivity contribution in [3.8, 4) is 0 Å². The summed E-state index contributed by atoms with van der Waals surface area (Å²) >= 11 is -1.82. The summed E-state index contributed by atoms with van der Waals surface area (Å²) in [7, 11) is 0. The fourth-order valence-corrected chi connectivity index (χ4v) is 2.02. The van der Waals surface area contributed by atoms with Crippen LogP contribution < -0.4 is 0 Å². The quantitative estimate of drug-likeness (QED) is 0.807. The lowest BCUT2D eigenvalue weighted by Gasteiger charge is -2.07. The summed E-state index contributed by atoms with van der Waals surface area (Å²) in [4.78, 5) is 0. The first-order chi connectivity index (χ1) is 7.75. The fourth-order valence-electron chi connectivity index (χ4n) is 1.48. The third-order valence-electron chi connectivity index (χ3n) is 2.20. The first-order valence-corrected chi connectivity index (χ1v) is 6.01. The highest BCUT2D eigenvalue weighted by Gasteiger charge is 2.05. The number of aromatic nitrogens is 3. The van der Waals surface area contributed by atoms with E-state index >= 15 is 0 Å². The second kappa shape index (κ2) is 5.00. The van der Waals surface area contributed by atoms with Gasteiger partial charge in [0, 0.05) is 6.20 Å². The smallest absolute Gasteiger partial charge is 0.157 e. The molecule has 0 aliphatic rings. The van der Waals surface area contributed by atoms with Crippen LogP contribution in [0.25, 0.3) is 0 Å². The lowest BCUT2D eigenvalue weighted by molar-refractivity contribution is 0.562. The zero-order chi connectivity index (χ0) is 11.4. The van der Waals surface area contributed by atoms with Gasteiger partial charge in [0.25, 0.3) is 0 Å². The third-order valence-corrected chi connectivity index (χ3v) is 2.76. The van der Waals surface area contributed by atoms with Crippen LogP contribution in [0, 0.1) is 0 Å². The Morgan fingerprint density at radius 1 is 1.31 bits per heavy atom. The molecule has 1 aromatic carbocycles. The summed E-state index contributed by atoms with van der Waals surface area (Å²) in [5, 5.41) is 7.57. The molecule has 6 heteroatoms. The van der Waals surface area contributed by atoms with E-state index in [0.717, 1.165) is 11.1 Å². The summed E-state index contributed by atoms with van der Waals surface area (Å²) in [6.07, 6.45) is 3.36. The van der Waals surface area contributed by atoms with Crippen LogP contribution in [0.5, 0.6) is 0 Å². The Labute approximate surface area is 95.4 Å². The predicted molar refractivity (Wildman–Crippen MR) is 60.0 cm³/mol. The molecular formula is C10H11N3O2S. The van der Waals surface area contributed by atoms with Gasteiger partial charge in [-0.1, -0.05) is 29.5 Å². The number of nitrogens with zero attached hydrogens (tertiary/aromatic N) is 3. The molecule has 0 bridgehead atoms. The monoisotopic (exact) mass is 237 g/mol. The molecule has 0 radical (unpaired) electrons. The van der Waals surface area contributed by atoms with Gasteiger partial charge < -0.3 is 4.55 Å². The molecule has 5 nitrogen and oxygen atoms in total. The zero-order valence-corrected chi connectivity index (χ0v) is 9.30. The Kier molecular flexibility index (Phi) is 3.43.